The molecule has 0 fully saturated rings. The Morgan fingerprint density at radius 1 is 0.935 bits per heavy atom. The van der Waals surface area contributed by atoms with Gasteiger partial charge >= 0.3 is 11.9 Å². The predicted octanol–water partition coefficient (Wildman–Crippen LogP) is 7.23. The minimum Gasteiger partial charge on any atom is -0.464 e. The third-order valence-corrected chi connectivity index (χ3v) is 11.3. The summed E-state index contributed by atoms with van der Waals surface area (Å²) in [6.45, 7) is 5.32. The molecule has 0 bridgehead atoms. The summed E-state index contributed by atoms with van der Waals surface area (Å²) in [5.41, 5.74) is 2.43. The lowest BCUT2D eigenvalue weighted by Crippen LogP contribution is -2.45. The van der Waals surface area contributed by atoms with Gasteiger partial charge in [-0.05, 0) is 41.7 Å². The second-order valence-electron chi connectivity index (χ2n) is 11.3. The van der Waals surface area contributed by atoms with E-state index in [1.165, 1.54) is 30.6 Å². The van der Waals surface area contributed by atoms with Crippen molar-refractivity contribution < 1.29 is 27.5 Å². The molecule has 246 valence electrons. The van der Waals surface area contributed by atoms with Crippen molar-refractivity contribution in [1.29, 1.82) is 0 Å². The molecule has 46 heavy (non-hydrogen) atoms. The van der Waals surface area contributed by atoms with Gasteiger partial charge in [0.1, 0.15) is 12.6 Å². The van der Waals surface area contributed by atoms with Gasteiger partial charge in [0.15, 0.2) is 20.3 Å². The van der Waals surface area contributed by atoms with Crippen molar-refractivity contribution in [3.05, 3.63) is 90.0 Å². The molecule has 0 spiro atoms. The van der Waals surface area contributed by atoms with Crippen molar-refractivity contribution in [3.8, 4) is 0 Å². The number of carbonyl (C=O) groups is 2. The maximum atomic E-state index is 13.3. The molecule has 3 aromatic carbocycles. The number of nitrogens with zero attached hydrogens (tertiary/aromatic N) is 1. The van der Waals surface area contributed by atoms with Gasteiger partial charge in [-0.1, -0.05) is 112 Å². The zero-order chi connectivity index (χ0) is 32.9. The van der Waals surface area contributed by atoms with Gasteiger partial charge in [0.2, 0.25) is 0 Å². The summed E-state index contributed by atoms with van der Waals surface area (Å²) < 4.78 is 39.0. The summed E-state index contributed by atoms with van der Waals surface area (Å²) in [5.74, 6) is -0.705. The molecule has 0 aliphatic carbocycles. The van der Waals surface area contributed by atoms with E-state index in [1.54, 1.807) is 30.0 Å². The molecular weight excluding hydrogens is 641 g/mol. The fourth-order valence-corrected chi connectivity index (χ4v) is 8.18. The van der Waals surface area contributed by atoms with Gasteiger partial charge in [-0.3, -0.25) is 14.9 Å². The average molecular weight is 683 g/mol. The molecule has 0 radical (unpaired) electrons. The normalized spacial score (nSPS) is 12.5. The van der Waals surface area contributed by atoms with E-state index in [2.05, 4.69) is 17.2 Å². The second kappa shape index (κ2) is 17.6. The molecule has 0 aliphatic rings. The fourth-order valence-electron chi connectivity index (χ4n) is 4.82. The van der Waals surface area contributed by atoms with Gasteiger partial charge < -0.3 is 9.47 Å². The number of esters is 2. The Morgan fingerprint density at radius 3 is 2.24 bits per heavy atom. The van der Waals surface area contributed by atoms with E-state index in [1.807, 2.05) is 74.5 Å². The molecule has 11 heteroatoms. The van der Waals surface area contributed by atoms with Crippen LogP contribution in [0.25, 0.3) is 10.2 Å². The van der Waals surface area contributed by atoms with Crippen molar-refractivity contribution in [2.75, 3.05) is 24.7 Å². The molecule has 0 saturated carbocycles. The van der Waals surface area contributed by atoms with Crippen LogP contribution in [0.4, 0.5) is 0 Å². The number of aromatic nitrogens is 1. The molecular formula is C35H42N2O6S3. The largest absolute Gasteiger partial charge is 0.464 e. The van der Waals surface area contributed by atoms with Crippen LogP contribution in [-0.4, -0.2) is 56.0 Å². The van der Waals surface area contributed by atoms with Crippen LogP contribution in [0.3, 0.4) is 0 Å². The number of thioether (sulfide) groups is 1. The van der Waals surface area contributed by atoms with E-state index in [-0.39, 0.29) is 29.7 Å². The number of thiazole rings is 1. The van der Waals surface area contributed by atoms with Crippen LogP contribution in [0.1, 0.15) is 63.7 Å². The topological polar surface area (TPSA) is 112 Å². The van der Waals surface area contributed by atoms with Crippen LogP contribution in [0.15, 0.2) is 88.1 Å². The molecule has 8 nitrogen and oxygen atoms in total. The minimum absolute atomic E-state index is 0.173. The monoisotopic (exact) mass is 682 g/mol. The zero-order valence-corrected chi connectivity index (χ0v) is 29.0. The number of sulfone groups is 1. The summed E-state index contributed by atoms with van der Waals surface area (Å²) >= 11 is 3.19. The highest BCUT2D eigenvalue weighted by atomic mass is 32.2. The van der Waals surface area contributed by atoms with E-state index in [0.29, 0.717) is 0 Å². The van der Waals surface area contributed by atoms with Crippen molar-refractivity contribution in [1.82, 2.24) is 10.3 Å². The van der Waals surface area contributed by atoms with Gasteiger partial charge in [-0.25, -0.2) is 13.4 Å². The van der Waals surface area contributed by atoms with Gasteiger partial charge in [-0.2, -0.15) is 0 Å². The Morgan fingerprint density at radius 2 is 1.61 bits per heavy atom. The summed E-state index contributed by atoms with van der Waals surface area (Å²) in [6, 6.07) is 23.1. The van der Waals surface area contributed by atoms with Crippen molar-refractivity contribution in [2.24, 2.45) is 5.92 Å². The number of ether oxygens (including phenoxy) is 2. The van der Waals surface area contributed by atoms with Gasteiger partial charge in [0, 0.05) is 5.75 Å². The fraction of sp³-hybridized carbons (Fsp3) is 0.400. The van der Waals surface area contributed by atoms with Crippen LogP contribution >= 0.6 is 23.1 Å². The SMILES string of the molecule is CCCCCCSc1nc2ccc(S(=O)(=O)CCOC(=O)CN[C@@H](C(=O)OC(c3ccccc3)c3ccccc3)C(C)C)cc2s1. The van der Waals surface area contributed by atoms with Crippen molar-refractivity contribution >= 4 is 55.1 Å². The molecule has 1 heterocycles. The Hall–Kier alpha value is -3.25. The molecule has 1 aromatic heterocycles. The first kappa shape index (κ1) is 35.6. The van der Waals surface area contributed by atoms with E-state index in [0.717, 1.165) is 37.9 Å². The summed E-state index contributed by atoms with van der Waals surface area (Å²) in [5, 5.41) is 2.95. The third kappa shape index (κ3) is 10.4. The molecule has 1 atom stereocenters. The number of nitrogens with one attached hydrogen (secondary N) is 1. The van der Waals surface area contributed by atoms with Crippen LogP contribution < -0.4 is 5.32 Å². The maximum Gasteiger partial charge on any atom is 0.324 e. The number of rotatable bonds is 18. The van der Waals surface area contributed by atoms with E-state index in [4.69, 9.17) is 9.47 Å². The smallest absolute Gasteiger partial charge is 0.324 e. The number of fused-ring (bicyclic) bond motifs is 1. The summed E-state index contributed by atoms with van der Waals surface area (Å²) in [7, 11) is -3.69. The number of unbranched alkanes of at least 4 members (excludes halogenated alkanes) is 3. The highest BCUT2D eigenvalue weighted by Gasteiger charge is 2.28. The predicted molar refractivity (Wildman–Crippen MR) is 185 cm³/mol. The Balaban J connectivity index is 1.28. The van der Waals surface area contributed by atoms with Crippen LogP contribution in [0.2, 0.25) is 0 Å². The van der Waals surface area contributed by atoms with E-state index in [9.17, 15) is 18.0 Å². The summed E-state index contributed by atoms with van der Waals surface area (Å²) in [6.07, 6.45) is 4.14. The van der Waals surface area contributed by atoms with Crippen molar-refractivity contribution in [2.45, 2.75) is 67.8 Å². The van der Waals surface area contributed by atoms with Crippen LogP contribution in [0.5, 0.6) is 0 Å². The third-order valence-electron chi connectivity index (χ3n) is 7.36. The number of carbonyl (C=O) groups excluding carboxylic acids is 2. The molecule has 0 unspecified atom stereocenters. The van der Waals surface area contributed by atoms with Gasteiger partial charge in [0.25, 0.3) is 0 Å². The van der Waals surface area contributed by atoms with Gasteiger partial charge in [-0.15, -0.1) is 11.3 Å². The van der Waals surface area contributed by atoms with Crippen molar-refractivity contribution in [3.63, 3.8) is 0 Å². The minimum atomic E-state index is -3.69. The highest BCUT2D eigenvalue weighted by molar-refractivity contribution is 8.01. The second-order valence-corrected chi connectivity index (χ2v) is 15.8. The lowest BCUT2D eigenvalue weighted by molar-refractivity contribution is -0.152. The Labute approximate surface area is 280 Å². The summed E-state index contributed by atoms with van der Waals surface area (Å²) in [4.78, 5) is 30.7. The Kier molecular flexibility index (Phi) is 13.6. The van der Waals surface area contributed by atoms with Gasteiger partial charge in [0.05, 0.1) is 27.4 Å². The van der Waals surface area contributed by atoms with E-state index < -0.39 is 33.9 Å². The first-order valence-corrected chi connectivity index (χ1v) is 19.1. The van der Waals surface area contributed by atoms with Crippen LogP contribution in [0, 0.1) is 5.92 Å². The maximum absolute atomic E-state index is 13.3. The highest BCUT2D eigenvalue weighted by Crippen LogP contribution is 2.32. The molecule has 4 aromatic rings. The lowest BCUT2D eigenvalue weighted by atomic mass is 10.0. The standard InChI is InChI=1S/C35H42N2O6S3/c1-4-5-6-13-21-44-35-37-29-19-18-28(23-30(29)45-35)46(40,41)22-20-42-31(38)24-36-32(25(2)3)34(39)43-33(26-14-9-7-10-15-26)27-16-11-8-12-17-27/h7-12,14-19,23,25,32-33,36H,4-6,13,20-22,24H2,1-3H3/t32-/m1/s1. The molecule has 0 aliphatic heterocycles. The molecule has 0 amide bonds. The Bertz CT molecular complexity index is 1620. The molecule has 0 saturated heterocycles. The van der Waals surface area contributed by atoms with E-state index >= 15 is 0 Å². The molecule has 1 N–H and O–H groups in total. The number of hydrogen-bond donors (Lipinski definition) is 1. The zero-order valence-electron chi connectivity index (χ0n) is 26.5. The average Bonchev–Trinajstić information content (AvgIpc) is 3.46. The van der Waals surface area contributed by atoms with Crippen LogP contribution in [-0.2, 0) is 28.9 Å². The quantitative estimate of drug-likeness (QED) is 0.0660. The lowest BCUT2D eigenvalue weighted by Gasteiger charge is -2.25. The first-order valence-electron chi connectivity index (χ1n) is 15.6. The number of benzene rings is 3. The molecule has 4 rings (SSSR count). The number of hydrogen-bond acceptors (Lipinski definition) is 10. The first-order chi connectivity index (χ1) is 22.2.